The van der Waals surface area contributed by atoms with Gasteiger partial charge in [-0.1, -0.05) is 6.92 Å². The van der Waals surface area contributed by atoms with Crippen LogP contribution in [0.15, 0.2) is 20.7 Å². The molecule has 0 fully saturated rings. The maximum Gasteiger partial charge on any atom is 0.262 e. The van der Waals surface area contributed by atoms with Gasteiger partial charge in [-0.05, 0) is 25.6 Å². The van der Waals surface area contributed by atoms with Crippen LogP contribution in [-0.2, 0) is 6.42 Å². The molecule has 0 spiro atoms. The Morgan fingerprint density at radius 2 is 2.06 bits per heavy atom. The molecule has 90 valence electrons. The zero-order chi connectivity index (χ0) is 12.4. The first-order valence-electron chi connectivity index (χ1n) is 5.33. The van der Waals surface area contributed by atoms with E-state index in [0.29, 0.717) is 11.0 Å². The Kier molecular flexibility index (Phi) is 3.33. The van der Waals surface area contributed by atoms with E-state index < -0.39 is 0 Å². The number of aryl methyl sites for hydroxylation is 3. The van der Waals surface area contributed by atoms with Crippen LogP contribution < -0.4 is 5.73 Å². The van der Waals surface area contributed by atoms with Crippen LogP contribution in [0.5, 0.6) is 0 Å². The van der Waals surface area contributed by atoms with E-state index in [1.165, 1.54) is 11.8 Å². The zero-order valence-electron chi connectivity index (χ0n) is 10.0. The summed E-state index contributed by atoms with van der Waals surface area (Å²) in [5.41, 5.74) is 6.60. The Bertz CT molecular complexity index is 519. The molecule has 0 atom stereocenters. The number of nitrogen functional groups attached to an aromatic ring is 1. The molecule has 0 bridgehead atoms. The number of rotatable bonds is 3. The van der Waals surface area contributed by atoms with Gasteiger partial charge < -0.3 is 10.2 Å². The van der Waals surface area contributed by atoms with E-state index in [2.05, 4.69) is 15.0 Å². The number of oxazole rings is 1. The van der Waals surface area contributed by atoms with Crippen LogP contribution in [0.4, 0.5) is 5.82 Å². The van der Waals surface area contributed by atoms with Crippen molar-refractivity contribution in [3.63, 3.8) is 0 Å². The standard InChI is InChI=1S/C11H14N4OS/c1-4-9-14-8(12)5-10(15-9)17-11-13-6(2)7(3)16-11/h5H,4H2,1-3H3,(H2,12,14,15). The third kappa shape index (κ3) is 2.76. The SMILES string of the molecule is CCc1nc(N)cc(Sc2nc(C)c(C)o2)n1. The molecule has 0 saturated heterocycles. The number of anilines is 1. The Hall–Kier alpha value is -1.56. The van der Waals surface area contributed by atoms with Gasteiger partial charge in [-0.25, -0.2) is 15.0 Å². The van der Waals surface area contributed by atoms with Crippen LogP contribution in [0.3, 0.4) is 0 Å². The second kappa shape index (κ2) is 4.75. The van der Waals surface area contributed by atoms with E-state index in [0.717, 1.165) is 28.7 Å². The summed E-state index contributed by atoms with van der Waals surface area (Å²) in [6, 6.07) is 1.72. The molecule has 5 nitrogen and oxygen atoms in total. The third-order valence-corrected chi connectivity index (χ3v) is 3.05. The van der Waals surface area contributed by atoms with Crippen molar-refractivity contribution in [3.8, 4) is 0 Å². The van der Waals surface area contributed by atoms with E-state index in [-0.39, 0.29) is 0 Å². The summed E-state index contributed by atoms with van der Waals surface area (Å²) in [5.74, 6) is 2.03. The van der Waals surface area contributed by atoms with Crippen LogP contribution in [0.25, 0.3) is 0 Å². The first-order chi connectivity index (χ1) is 8.08. The first kappa shape index (κ1) is 11.9. The molecule has 2 aromatic heterocycles. The second-order valence-electron chi connectivity index (χ2n) is 3.62. The Labute approximate surface area is 104 Å². The quantitative estimate of drug-likeness (QED) is 0.843. The molecular weight excluding hydrogens is 236 g/mol. The van der Waals surface area contributed by atoms with Crippen molar-refractivity contribution >= 4 is 17.6 Å². The first-order valence-corrected chi connectivity index (χ1v) is 6.15. The van der Waals surface area contributed by atoms with Crippen molar-refractivity contribution in [1.29, 1.82) is 0 Å². The van der Waals surface area contributed by atoms with Gasteiger partial charge in [0.05, 0.1) is 5.69 Å². The lowest BCUT2D eigenvalue weighted by Gasteiger charge is -2.01. The highest BCUT2D eigenvalue weighted by atomic mass is 32.2. The molecule has 0 aliphatic carbocycles. The summed E-state index contributed by atoms with van der Waals surface area (Å²) in [5, 5.41) is 1.34. The second-order valence-corrected chi connectivity index (χ2v) is 4.60. The van der Waals surface area contributed by atoms with Gasteiger partial charge in [0.25, 0.3) is 5.22 Å². The van der Waals surface area contributed by atoms with Gasteiger partial charge in [0.2, 0.25) is 0 Å². The van der Waals surface area contributed by atoms with Gasteiger partial charge in [-0.15, -0.1) is 0 Å². The maximum absolute atomic E-state index is 5.71. The molecule has 2 aromatic rings. The summed E-state index contributed by atoms with van der Waals surface area (Å²) < 4.78 is 5.48. The number of aromatic nitrogens is 3. The fraction of sp³-hybridized carbons (Fsp3) is 0.364. The Morgan fingerprint density at radius 1 is 1.29 bits per heavy atom. The fourth-order valence-electron chi connectivity index (χ4n) is 1.28. The number of hydrogen-bond acceptors (Lipinski definition) is 6. The predicted octanol–water partition coefficient (Wildman–Crippen LogP) is 2.38. The molecule has 0 aromatic carbocycles. The minimum absolute atomic E-state index is 0.472. The van der Waals surface area contributed by atoms with Gasteiger partial charge in [0.1, 0.15) is 22.4 Å². The van der Waals surface area contributed by atoms with Gasteiger partial charge in [0.15, 0.2) is 0 Å². The highest BCUT2D eigenvalue weighted by molar-refractivity contribution is 7.99. The number of nitrogens with two attached hydrogens (primary N) is 1. The zero-order valence-corrected chi connectivity index (χ0v) is 10.8. The van der Waals surface area contributed by atoms with Crippen LogP contribution in [0.2, 0.25) is 0 Å². The summed E-state index contributed by atoms with van der Waals surface area (Å²) in [7, 11) is 0. The molecule has 0 radical (unpaired) electrons. The van der Waals surface area contributed by atoms with Crippen LogP contribution in [0.1, 0.15) is 24.2 Å². The van der Waals surface area contributed by atoms with Crippen molar-refractivity contribution in [3.05, 3.63) is 23.3 Å². The average Bonchev–Trinajstić information content (AvgIpc) is 2.57. The minimum Gasteiger partial charge on any atom is -0.436 e. The van der Waals surface area contributed by atoms with E-state index in [4.69, 9.17) is 10.2 Å². The fourth-order valence-corrected chi connectivity index (χ4v) is 2.14. The predicted molar refractivity (Wildman–Crippen MR) is 65.9 cm³/mol. The van der Waals surface area contributed by atoms with E-state index in [9.17, 15) is 0 Å². The van der Waals surface area contributed by atoms with Crippen LogP contribution in [0, 0.1) is 13.8 Å². The lowest BCUT2D eigenvalue weighted by molar-refractivity contribution is 0.431. The average molecular weight is 250 g/mol. The molecule has 2 heterocycles. The highest BCUT2D eigenvalue weighted by Gasteiger charge is 2.10. The van der Waals surface area contributed by atoms with Crippen LogP contribution in [-0.4, -0.2) is 15.0 Å². The Morgan fingerprint density at radius 3 is 2.65 bits per heavy atom. The monoisotopic (exact) mass is 250 g/mol. The molecule has 2 rings (SSSR count). The molecule has 17 heavy (non-hydrogen) atoms. The summed E-state index contributed by atoms with van der Waals surface area (Å²) in [6.45, 7) is 5.79. The normalized spacial score (nSPS) is 10.8. The van der Waals surface area contributed by atoms with Gasteiger partial charge in [-0.3, -0.25) is 0 Å². The van der Waals surface area contributed by atoms with Gasteiger partial charge in [-0.2, -0.15) is 0 Å². The van der Waals surface area contributed by atoms with Gasteiger partial charge >= 0.3 is 0 Å². The molecule has 2 N–H and O–H groups in total. The van der Waals surface area contributed by atoms with Crippen molar-refractivity contribution in [2.75, 3.05) is 5.73 Å². The molecule has 0 aliphatic heterocycles. The van der Waals surface area contributed by atoms with Crippen molar-refractivity contribution in [1.82, 2.24) is 15.0 Å². The third-order valence-electron chi connectivity index (χ3n) is 2.29. The van der Waals surface area contributed by atoms with Crippen LogP contribution >= 0.6 is 11.8 Å². The number of hydrogen-bond donors (Lipinski definition) is 1. The van der Waals surface area contributed by atoms with E-state index >= 15 is 0 Å². The molecule has 0 unspecified atom stereocenters. The lowest BCUT2D eigenvalue weighted by Crippen LogP contribution is -1.99. The molecule has 0 saturated carbocycles. The van der Waals surface area contributed by atoms with Crippen molar-refractivity contribution in [2.45, 2.75) is 37.4 Å². The summed E-state index contributed by atoms with van der Waals surface area (Å²) in [6.07, 6.45) is 0.752. The minimum atomic E-state index is 0.472. The molecule has 0 amide bonds. The number of nitrogens with zero attached hydrogens (tertiary/aromatic N) is 3. The topological polar surface area (TPSA) is 77.8 Å². The lowest BCUT2D eigenvalue weighted by atomic mass is 10.4. The summed E-state index contributed by atoms with van der Waals surface area (Å²) >= 11 is 1.36. The maximum atomic E-state index is 5.71. The highest BCUT2D eigenvalue weighted by Crippen LogP contribution is 2.27. The molecular formula is C11H14N4OS. The van der Waals surface area contributed by atoms with E-state index in [1.807, 2.05) is 20.8 Å². The summed E-state index contributed by atoms with van der Waals surface area (Å²) in [4.78, 5) is 12.8. The molecule has 0 aliphatic rings. The Balaban J connectivity index is 2.26. The van der Waals surface area contributed by atoms with Crippen molar-refractivity contribution < 1.29 is 4.42 Å². The van der Waals surface area contributed by atoms with E-state index in [1.54, 1.807) is 6.07 Å². The molecule has 6 heteroatoms. The van der Waals surface area contributed by atoms with Gasteiger partial charge in [0, 0.05) is 12.5 Å². The largest absolute Gasteiger partial charge is 0.436 e. The smallest absolute Gasteiger partial charge is 0.262 e. The van der Waals surface area contributed by atoms with Crippen molar-refractivity contribution in [2.24, 2.45) is 0 Å².